The summed E-state index contributed by atoms with van der Waals surface area (Å²) in [5.74, 6) is -0.642. The first-order valence-corrected chi connectivity index (χ1v) is 5.36. The number of ether oxygens (including phenoxy) is 1. The normalized spacial score (nSPS) is 9.71. The van der Waals surface area contributed by atoms with E-state index in [4.69, 9.17) is 4.74 Å². The molecule has 0 aliphatic heterocycles. The van der Waals surface area contributed by atoms with Gasteiger partial charge in [-0.05, 0) is 25.1 Å². The van der Waals surface area contributed by atoms with Crippen molar-refractivity contribution in [3.8, 4) is 5.75 Å². The van der Waals surface area contributed by atoms with Gasteiger partial charge in [0.1, 0.15) is 5.75 Å². The Balaban J connectivity index is 2.38. The summed E-state index contributed by atoms with van der Waals surface area (Å²) in [6, 6.07) is 6.00. The van der Waals surface area contributed by atoms with Gasteiger partial charge in [-0.2, -0.15) is 0 Å². The molecule has 0 aromatic heterocycles. The van der Waals surface area contributed by atoms with Crippen LogP contribution < -0.4 is 5.32 Å². The van der Waals surface area contributed by atoms with Crippen molar-refractivity contribution in [1.82, 2.24) is 5.32 Å². The van der Waals surface area contributed by atoms with Crippen LogP contribution in [-0.2, 0) is 9.53 Å². The number of amides is 1. The molecule has 0 aliphatic carbocycles. The molecule has 2 N–H and O–H groups in total. The van der Waals surface area contributed by atoms with Crippen LogP contribution in [0.15, 0.2) is 24.3 Å². The van der Waals surface area contributed by atoms with Gasteiger partial charge in [-0.1, -0.05) is 6.07 Å². The molecule has 0 saturated heterocycles. The molecular weight excluding hydrogens is 222 g/mol. The summed E-state index contributed by atoms with van der Waals surface area (Å²) in [7, 11) is 0. The molecule has 1 rings (SSSR count). The zero-order valence-corrected chi connectivity index (χ0v) is 9.60. The SMILES string of the molecule is CCOC(=O)CCNC(=O)c1cccc(O)c1. The minimum Gasteiger partial charge on any atom is -0.508 e. The summed E-state index contributed by atoms with van der Waals surface area (Å²) in [5.41, 5.74) is 0.355. The highest BCUT2D eigenvalue weighted by Gasteiger charge is 2.07. The van der Waals surface area contributed by atoms with Gasteiger partial charge in [-0.25, -0.2) is 0 Å². The van der Waals surface area contributed by atoms with Crippen LogP contribution in [0.25, 0.3) is 0 Å². The molecule has 5 heteroatoms. The standard InChI is InChI=1S/C12H15NO4/c1-2-17-11(15)6-7-13-12(16)9-4-3-5-10(14)8-9/h3-5,8,14H,2,6-7H2,1H3,(H,13,16). The number of phenolic OH excluding ortho intramolecular Hbond substituents is 1. The summed E-state index contributed by atoms with van der Waals surface area (Å²) < 4.78 is 4.72. The number of benzene rings is 1. The number of hydrogen-bond donors (Lipinski definition) is 2. The molecule has 0 fully saturated rings. The van der Waals surface area contributed by atoms with Crippen LogP contribution in [0.2, 0.25) is 0 Å². The van der Waals surface area contributed by atoms with E-state index in [1.54, 1.807) is 19.1 Å². The molecule has 1 aromatic carbocycles. The van der Waals surface area contributed by atoms with Gasteiger partial charge in [-0.15, -0.1) is 0 Å². The van der Waals surface area contributed by atoms with Gasteiger partial charge in [-0.3, -0.25) is 9.59 Å². The highest BCUT2D eigenvalue weighted by Crippen LogP contribution is 2.10. The molecule has 0 saturated carbocycles. The number of nitrogens with one attached hydrogen (secondary N) is 1. The predicted octanol–water partition coefficient (Wildman–Crippen LogP) is 1.08. The van der Waals surface area contributed by atoms with Crippen molar-refractivity contribution in [3.05, 3.63) is 29.8 Å². The van der Waals surface area contributed by atoms with Crippen molar-refractivity contribution in [3.63, 3.8) is 0 Å². The number of esters is 1. The Labute approximate surface area is 99.4 Å². The van der Waals surface area contributed by atoms with E-state index < -0.39 is 0 Å². The predicted molar refractivity (Wildman–Crippen MR) is 61.7 cm³/mol. The smallest absolute Gasteiger partial charge is 0.307 e. The summed E-state index contributed by atoms with van der Waals surface area (Å²) >= 11 is 0. The topological polar surface area (TPSA) is 75.6 Å². The lowest BCUT2D eigenvalue weighted by Gasteiger charge is -2.05. The Kier molecular flexibility index (Phi) is 5.00. The maximum Gasteiger partial charge on any atom is 0.307 e. The third kappa shape index (κ3) is 4.55. The fourth-order valence-electron chi connectivity index (χ4n) is 1.26. The minimum atomic E-state index is -0.344. The zero-order chi connectivity index (χ0) is 12.7. The van der Waals surface area contributed by atoms with Crippen molar-refractivity contribution in [1.29, 1.82) is 0 Å². The number of rotatable bonds is 5. The molecule has 92 valence electrons. The Hall–Kier alpha value is -2.04. The van der Waals surface area contributed by atoms with Crippen molar-refractivity contribution < 1.29 is 19.4 Å². The van der Waals surface area contributed by atoms with Gasteiger partial charge in [0.25, 0.3) is 5.91 Å². The van der Waals surface area contributed by atoms with Gasteiger partial charge in [0.2, 0.25) is 0 Å². The van der Waals surface area contributed by atoms with Gasteiger partial charge in [0, 0.05) is 12.1 Å². The third-order valence-corrected chi connectivity index (χ3v) is 2.03. The van der Waals surface area contributed by atoms with E-state index in [0.29, 0.717) is 12.2 Å². The summed E-state index contributed by atoms with van der Waals surface area (Å²) in [6.45, 7) is 2.27. The molecule has 0 atom stereocenters. The van der Waals surface area contributed by atoms with Crippen LogP contribution in [0.5, 0.6) is 5.75 Å². The van der Waals surface area contributed by atoms with Crippen molar-refractivity contribution >= 4 is 11.9 Å². The minimum absolute atomic E-state index is 0.0306. The molecule has 0 heterocycles. The van der Waals surface area contributed by atoms with Crippen LogP contribution in [-0.4, -0.2) is 30.1 Å². The first-order chi connectivity index (χ1) is 8.13. The lowest BCUT2D eigenvalue weighted by molar-refractivity contribution is -0.142. The van der Waals surface area contributed by atoms with Gasteiger partial charge >= 0.3 is 5.97 Å². The maximum absolute atomic E-state index is 11.6. The number of phenols is 1. The molecule has 17 heavy (non-hydrogen) atoms. The highest BCUT2D eigenvalue weighted by atomic mass is 16.5. The Morgan fingerprint density at radius 3 is 2.82 bits per heavy atom. The molecule has 0 radical (unpaired) electrons. The summed E-state index contributed by atoms with van der Waals surface area (Å²) in [4.78, 5) is 22.6. The molecule has 0 unspecified atom stereocenters. The van der Waals surface area contributed by atoms with E-state index in [1.165, 1.54) is 12.1 Å². The van der Waals surface area contributed by atoms with Gasteiger partial charge < -0.3 is 15.2 Å². The van der Waals surface area contributed by atoms with E-state index in [-0.39, 0.29) is 30.6 Å². The van der Waals surface area contributed by atoms with E-state index in [0.717, 1.165) is 0 Å². The van der Waals surface area contributed by atoms with E-state index in [1.807, 2.05) is 0 Å². The van der Waals surface area contributed by atoms with Gasteiger partial charge in [0.05, 0.1) is 13.0 Å². The second kappa shape index (κ2) is 6.52. The second-order valence-electron chi connectivity index (χ2n) is 3.36. The molecule has 0 spiro atoms. The average Bonchev–Trinajstić information content (AvgIpc) is 2.29. The Morgan fingerprint density at radius 1 is 1.41 bits per heavy atom. The van der Waals surface area contributed by atoms with Crippen LogP contribution in [0.4, 0.5) is 0 Å². The van der Waals surface area contributed by atoms with E-state index in [2.05, 4.69) is 5.32 Å². The van der Waals surface area contributed by atoms with Crippen molar-refractivity contribution in [2.75, 3.05) is 13.2 Å². The average molecular weight is 237 g/mol. The quantitative estimate of drug-likeness (QED) is 0.751. The fraction of sp³-hybridized carbons (Fsp3) is 0.333. The number of carbonyl (C=O) groups is 2. The number of carbonyl (C=O) groups excluding carboxylic acids is 2. The van der Waals surface area contributed by atoms with Crippen molar-refractivity contribution in [2.45, 2.75) is 13.3 Å². The second-order valence-corrected chi connectivity index (χ2v) is 3.36. The maximum atomic E-state index is 11.6. The molecule has 0 aliphatic rings. The van der Waals surface area contributed by atoms with E-state index in [9.17, 15) is 14.7 Å². The van der Waals surface area contributed by atoms with Gasteiger partial charge in [0.15, 0.2) is 0 Å². The number of aromatic hydroxyl groups is 1. The first kappa shape index (κ1) is 13.0. The number of hydrogen-bond acceptors (Lipinski definition) is 4. The van der Waals surface area contributed by atoms with Crippen molar-refractivity contribution in [2.24, 2.45) is 0 Å². The zero-order valence-electron chi connectivity index (χ0n) is 9.60. The lowest BCUT2D eigenvalue weighted by Crippen LogP contribution is -2.26. The third-order valence-electron chi connectivity index (χ3n) is 2.03. The molecular formula is C12H15NO4. The summed E-state index contributed by atoms with van der Waals surface area (Å²) in [5, 5.41) is 11.8. The Morgan fingerprint density at radius 2 is 2.18 bits per heavy atom. The van der Waals surface area contributed by atoms with Crippen LogP contribution in [0.1, 0.15) is 23.7 Å². The monoisotopic (exact) mass is 237 g/mol. The lowest BCUT2D eigenvalue weighted by atomic mass is 10.2. The van der Waals surface area contributed by atoms with Crippen LogP contribution >= 0.6 is 0 Å². The van der Waals surface area contributed by atoms with Crippen LogP contribution in [0.3, 0.4) is 0 Å². The molecule has 5 nitrogen and oxygen atoms in total. The highest BCUT2D eigenvalue weighted by molar-refractivity contribution is 5.94. The Bertz CT molecular complexity index is 403. The molecule has 1 amide bonds. The summed E-state index contributed by atoms with van der Waals surface area (Å²) in [6.07, 6.45) is 0.137. The first-order valence-electron chi connectivity index (χ1n) is 5.36. The molecule has 1 aromatic rings. The van der Waals surface area contributed by atoms with Crippen LogP contribution in [0, 0.1) is 0 Å². The largest absolute Gasteiger partial charge is 0.508 e. The molecule has 0 bridgehead atoms. The fourth-order valence-corrected chi connectivity index (χ4v) is 1.26. The van der Waals surface area contributed by atoms with E-state index >= 15 is 0 Å².